The molecule has 0 spiro atoms. The van der Waals surface area contributed by atoms with Gasteiger partial charge in [-0.3, -0.25) is 0 Å². The molecule has 33 heavy (non-hydrogen) atoms. The second-order valence-electron chi connectivity index (χ2n) is 11.0. The zero-order chi connectivity index (χ0) is 24.3. The molecule has 0 heterocycles. The third-order valence-electron chi connectivity index (χ3n) is 6.75. The van der Waals surface area contributed by atoms with E-state index in [2.05, 4.69) is 34.6 Å². The second-order valence-corrected chi connectivity index (χ2v) is 11.0. The summed E-state index contributed by atoms with van der Waals surface area (Å²) in [4.78, 5) is 0. The first kappa shape index (κ1) is 30.1. The number of rotatable bonds is 21. The summed E-state index contributed by atoms with van der Waals surface area (Å²) in [6, 6.07) is 10.0. The second kappa shape index (κ2) is 19.4. The van der Waals surface area contributed by atoms with Crippen LogP contribution < -0.4 is 0 Å². The number of aliphatic hydroxyl groups is 1. The third kappa shape index (κ3) is 18.1. The van der Waals surface area contributed by atoms with E-state index in [9.17, 15) is 5.11 Å². The lowest BCUT2D eigenvalue weighted by molar-refractivity contribution is -0.0253. The van der Waals surface area contributed by atoms with Gasteiger partial charge in [-0.1, -0.05) is 123 Å². The van der Waals surface area contributed by atoms with Crippen molar-refractivity contribution in [2.45, 2.75) is 112 Å². The fraction of sp³-hybridized carbons (Fsp3) is 0.800. The van der Waals surface area contributed by atoms with E-state index in [4.69, 9.17) is 9.47 Å². The van der Waals surface area contributed by atoms with Gasteiger partial charge in [0, 0.05) is 6.61 Å². The largest absolute Gasteiger partial charge is 0.388 e. The van der Waals surface area contributed by atoms with Crippen molar-refractivity contribution in [3.63, 3.8) is 0 Å². The highest BCUT2D eigenvalue weighted by Crippen LogP contribution is 2.22. The molecule has 3 nitrogen and oxygen atoms in total. The maximum Gasteiger partial charge on any atom is 0.101 e. The normalized spacial score (nSPS) is 15.5. The van der Waals surface area contributed by atoms with Crippen LogP contribution in [0.4, 0.5) is 0 Å². The van der Waals surface area contributed by atoms with Crippen molar-refractivity contribution in [1.29, 1.82) is 0 Å². The first-order chi connectivity index (χ1) is 15.9. The van der Waals surface area contributed by atoms with E-state index in [1.807, 2.05) is 30.3 Å². The van der Waals surface area contributed by atoms with Gasteiger partial charge in [0.05, 0.1) is 19.8 Å². The van der Waals surface area contributed by atoms with Gasteiger partial charge in [0.15, 0.2) is 0 Å². The van der Waals surface area contributed by atoms with Gasteiger partial charge in [-0.2, -0.15) is 0 Å². The van der Waals surface area contributed by atoms with Crippen LogP contribution in [-0.2, 0) is 16.1 Å². The fourth-order valence-corrected chi connectivity index (χ4v) is 4.38. The quantitative estimate of drug-likeness (QED) is 0.188. The number of aliphatic hydroxyl groups excluding tert-OH is 1. The monoisotopic (exact) mass is 462 g/mol. The molecule has 0 fully saturated rings. The van der Waals surface area contributed by atoms with Gasteiger partial charge in [0.1, 0.15) is 6.10 Å². The number of benzene rings is 1. The average Bonchev–Trinajstić information content (AvgIpc) is 2.77. The van der Waals surface area contributed by atoms with Crippen molar-refractivity contribution in [2.75, 3.05) is 19.8 Å². The summed E-state index contributed by atoms with van der Waals surface area (Å²) >= 11 is 0. The lowest BCUT2D eigenvalue weighted by Crippen LogP contribution is -2.22. The van der Waals surface area contributed by atoms with Crippen LogP contribution in [0.25, 0.3) is 0 Å². The summed E-state index contributed by atoms with van der Waals surface area (Å²) in [7, 11) is 0. The van der Waals surface area contributed by atoms with Gasteiger partial charge < -0.3 is 14.6 Å². The molecule has 1 rings (SSSR count). The Bertz CT molecular complexity index is 545. The summed E-state index contributed by atoms with van der Waals surface area (Å²) in [6.45, 7) is 13.8. The topological polar surface area (TPSA) is 38.7 Å². The molecule has 0 aliphatic rings. The molecule has 4 atom stereocenters. The Kier molecular flexibility index (Phi) is 17.7. The van der Waals surface area contributed by atoms with E-state index in [1.54, 1.807) is 0 Å². The van der Waals surface area contributed by atoms with Gasteiger partial charge >= 0.3 is 0 Å². The third-order valence-corrected chi connectivity index (χ3v) is 6.75. The van der Waals surface area contributed by atoms with E-state index in [0.717, 1.165) is 36.3 Å². The van der Waals surface area contributed by atoms with Gasteiger partial charge in [0.2, 0.25) is 0 Å². The van der Waals surface area contributed by atoms with E-state index in [-0.39, 0.29) is 0 Å². The summed E-state index contributed by atoms with van der Waals surface area (Å²) in [5.41, 5.74) is 1.13. The van der Waals surface area contributed by atoms with Crippen molar-refractivity contribution < 1.29 is 14.6 Å². The first-order valence-electron chi connectivity index (χ1n) is 13.7. The first-order valence-corrected chi connectivity index (χ1v) is 13.7. The molecule has 192 valence electrons. The summed E-state index contributed by atoms with van der Waals surface area (Å²) in [5.74, 6) is 3.28. The SMILES string of the molecule is CC(C)CCC[C@@H](C)CCC[C@@H](C)CCC[C@@H](C)CCOC[C@H](O)COCc1ccccc1. The maximum absolute atomic E-state index is 10.0. The number of hydrogen-bond acceptors (Lipinski definition) is 3. The molecular formula is C30H54O3. The van der Waals surface area contributed by atoms with Crippen LogP contribution in [0.1, 0.15) is 104 Å². The average molecular weight is 463 g/mol. The minimum Gasteiger partial charge on any atom is -0.388 e. The Balaban J connectivity index is 1.93. The highest BCUT2D eigenvalue weighted by molar-refractivity contribution is 5.13. The Labute approximate surface area is 205 Å². The Morgan fingerprint density at radius 3 is 1.67 bits per heavy atom. The van der Waals surface area contributed by atoms with Crippen molar-refractivity contribution in [3.05, 3.63) is 35.9 Å². The minimum absolute atomic E-state index is 0.319. The maximum atomic E-state index is 10.0. The van der Waals surface area contributed by atoms with E-state index in [0.29, 0.717) is 25.7 Å². The number of ether oxygens (including phenoxy) is 2. The predicted octanol–water partition coefficient (Wildman–Crippen LogP) is 8.05. The molecule has 0 amide bonds. The van der Waals surface area contributed by atoms with Crippen LogP contribution in [-0.4, -0.2) is 31.0 Å². The van der Waals surface area contributed by atoms with Crippen molar-refractivity contribution in [1.82, 2.24) is 0 Å². The molecule has 0 aromatic heterocycles. The van der Waals surface area contributed by atoms with E-state index < -0.39 is 6.10 Å². The molecule has 0 aliphatic carbocycles. The summed E-state index contributed by atoms with van der Waals surface area (Å²) in [5, 5.41) is 10.0. The molecule has 1 aromatic rings. The van der Waals surface area contributed by atoms with E-state index in [1.165, 1.54) is 57.8 Å². The molecule has 1 N–H and O–H groups in total. The van der Waals surface area contributed by atoms with Crippen LogP contribution in [0, 0.1) is 23.7 Å². The fourth-order valence-electron chi connectivity index (χ4n) is 4.38. The lowest BCUT2D eigenvalue weighted by Gasteiger charge is -2.17. The highest BCUT2D eigenvalue weighted by atomic mass is 16.5. The molecule has 1 aromatic carbocycles. The zero-order valence-electron chi connectivity index (χ0n) is 22.4. The van der Waals surface area contributed by atoms with Crippen LogP contribution in [0.2, 0.25) is 0 Å². The molecule has 0 saturated carbocycles. The Morgan fingerprint density at radius 2 is 1.12 bits per heavy atom. The lowest BCUT2D eigenvalue weighted by atomic mass is 9.91. The zero-order valence-corrected chi connectivity index (χ0v) is 22.4. The van der Waals surface area contributed by atoms with Gasteiger partial charge in [-0.25, -0.2) is 0 Å². The highest BCUT2D eigenvalue weighted by Gasteiger charge is 2.09. The minimum atomic E-state index is -0.553. The van der Waals surface area contributed by atoms with Gasteiger partial charge in [-0.05, 0) is 35.7 Å². The van der Waals surface area contributed by atoms with Crippen molar-refractivity contribution in [2.24, 2.45) is 23.7 Å². The summed E-state index contributed by atoms with van der Waals surface area (Å²) < 4.78 is 11.3. The van der Waals surface area contributed by atoms with Crippen LogP contribution in [0.3, 0.4) is 0 Å². The van der Waals surface area contributed by atoms with Crippen LogP contribution in [0.15, 0.2) is 30.3 Å². The van der Waals surface area contributed by atoms with Crippen LogP contribution >= 0.6 is 0 Å². The molecule has 3 heteroatoms. The molecule has 0 unspecified atom stereocenters. The molecule has 0 radical (unpaired) electrons. The molecule has 0 bridgehead atoms. The number of hydrogen-bond donors (Lipinski definition) is 1. The van der Waals surface area contributed by atoms with E-state index >= 15 is 0 Å². The van der Waals surface area contributed by atoms with Gasteiger partial charge in [-0.15, -0.1) is 0 Å². The van der Waals surface area contributed by atoms with Gasteiger partial charge in [0.25, 0.3) is 0 Å². The smallest absolute Gasteiger partial charge is 0.101 e. The standard InChI is InChI=1S/C30H54O3/c1-25(2)12-9-13-26(3)14-10-15-27(4)16-11-17-28(5)20-21-32-23-30(31)24-33-22-29-18-7-6-8-19-29/h6-8,18-19,25-28,30-31H,9-17,20-24H2,1-5H3/t26-,27-,28-,30+/m1/s1. The molecular weight excluding hydrogens is 408 g/mol. The predicted molar refractivity (Wildman–Crippen MR) is 141 cm³/mol. The Hall–Kier alpha value is -0.900. The van der Waals surface area contributed by atoms with Crippen LogP contribution in [0.5, 0.6) is 0 Å². The molecule has 0 aliphatic heterocycles. The Morgan fingerprint density at radius 1 is 0.636 bits per heavy atom. The van der Waals surface area contributed by atoms with Crippen molar-refractivity contribution in [3.8, 4) is 0 Å². The van der Waals surface area contributed by atoms with Crippen molar-refractivity contribution >= 4 is 0 Å². The molecule has 0 saturated heterocycles. The summed E-state index contributed by atoms with van der Waals surface area (Å²) in [6.07, 6.45) is 12.8.